The molecule has 0 fully saturated rings. The lowest BCUT2D eigenvalue weighted by Crippen LogP contribution is -2.43. The Balaban J connectivity index is 1.80. The van der Waals surface area contributed by atoms with Gasteiger partial charge in [0.15, 0.2) is 17.1 Å². The third-order valence-electron chi connectivity index (χ3n) is 4.39. The molecule has 0 bridgehead atoms. The summed E-state index contributed by atoms with van der Waals surface area (Å²) in [6.45, 7) is 10.8. The van der Waals surface area contributed by atoms with Crippen LogP contribution in [0.2, 0.25) is 0 Å². The van der Waals surface area contributed by atoms with Crippen LogP contribution in [0.3, 0.4) is 0 Å². The van der Waals surface area contributed by atoms with Crippen molar-refractivity contribution >= 4 is 28.7 Å². The van der Waals surface area contributed by atoms with Gasteiger partial charge >= 0.3 is 6.03 Å². The molecule has 0 aliphatic carbocycles. The lowest BCUT2D eigenvalue weighted by Gasteiger charge is -2.20. The van der Waals surface area contributed by atoms with E-state index >= 15 is 0 Å². The Labute approximate surface area is 173 Å². The van der Waals surface area contributed by atoms with E-state index in [1.165, 1.54) is 4.52 Å². The molecule has 10 heteroatoms. The number of anilines is 1. The molecule has 0 aliphatic rings. The number of rotatable bonds is 5. The van der Waals surface area contributed by atoms with E-state index in [-0.39, 0.29) is 12.0 Å². The number of nitrogens with zero attached hydrogens (tertiary/aromatic N) is 6. The summed E-state index contributed by atoms with van der Waals surface area (Å²) in [6, 6.07) is 3.17. The Morgan fingerprint density at radius 2 is 2.03 bits per heavy atom. The monoisotopic (exact) mass is 410 g/mol. The fraction of sp³-hybridized carbons (Fsp3) is 0.450. The van der Waals surface area contributed by atoms with Gasteiger partial charge in [-0.25, -0.2) is 9.78 Å². The van der Waals surface area contributed by atoms with Gasteiger partial charge in [0.1, 0.15) is 0 Å². The first-order chi connectivity index (χ1) is 14.2. The maximum Gasteiger partial charge on any atom is 0.322 e. The van der Waals surface area contributed by atoms with E-state index in [1.54, 1.807) is 18.4 Å². The van der Waals surface area contributed by atoms with Gasteiger partial charge in [-0.15, -0.1) is 5.10 Å². The minimum Gasteiger partial charge on any atom is -0.461 e. The van der Waals surface area contributed by atoms with Crippen LogP contribution in [0.25, 0.3) is 28.3 Å². The smallest absolute Gasteiger partial charge is 0.322 e. The predicted molar refractivity (Wildman–Crippen MR) is 113 cm³/mol. The molecule has 0 spiro atoms. The SMILES string of the molecule is CC(C)CCn1cc2c(nc(NC(=O)NC(C)(C)C)n3nc(-c4ccco4)nc23)n1. The van der Waals surface area contributed by atoms with Crippen molar-refractivity contribution in [2.45, 2.75) is 53.1 Å². The van der Waals surface area contributed by atoms with Gasteiger partial charge < -0.3 is 9.73 Å². The van der Waals surface area contributed by atoms with Gasteiger partial charge in [0.25, 0.3) is 0 Å². The lowest BCUT2D eigenvalue weighted by atomic mass is 10.1. The van der Waals surface area contributed by atoms with E-state index in [2.05, 4.69) is 44.6 Å². The topological polar surface area (TPSA) is 115 Å². The highest BCUT2D eigenvalue weighted by Gasteiger charge is 2.21. The van der Waals surface area contributed by atoms with Crippen LogP contribution < -0.4 is 10.6 Å². The third-order valence-corrected chi connectivity index (χ3v) is 4.39. The molecule has 4 rings (SSSR count). The third kappa shape index (κ3) is 4.12. The van der Waals surface area contributed by atoms with Crippen LogP contribution in [-0.4, -0.2) is 40.9 Å². The van der Waals surface area contributed by atoms with Crippen LogP contribution in [0.5, 0.6) is 0 Å². The Bertz CT molecular complexity index is 1180. The molecule has 10 nitrogen and oxygen atoms in total. The molecular formula is C20H26N8O2. The molecule has 4 heterocycles. The van der Waals surface area contributed by atoms with Crippen molar-refractivity contribution in [2.75, 3.05) is 5.32 Å². The number of aromatic nitrogens is 6. The molecule has 0 unspecified atom stereocenters. The average Bonchev–Trinajstić information content (AvgIpc) is 3.36. The van der Waals surface area contributed by atoms with Gasteiger partial charge in [-0.2, -0.15) is 14.6 Å². The zero-order valence-corrected chi connectivity index (χ0v) is 17.8. The van der Waals surface area contributed by atoms with Gasteiger partial charge in [0, 0.05) is 18.3 Å². The summed E-state index contributed by atoms with van der Waals surface area (Å²) in [7, 11) is 0. The molecule has 0 atom stereocenters. The van der Waals surface area contributed by atoms with Crippen LogP contribution in [0.1, 0.15) is 41.0 Å². The van der Waals surface area contributed by atoms with Crippen molar-refractivity contribution in [3.8, 4) is 11.6 Å². The summed E-state index contributed by atoms with van der Waals surface area (Å²) >= 11 is 0. The first-order valence-corrected chi connectivity index (χ1v) is 9.96. The van der Waals surface area contributed by atoms with Crippen LogP contribution in [0, 0.1) is 5.92 Å². The fourth-order valence-corrected chi connectivity index (χ4v) is 3.00. The van der Waals surface area contributed by atoms with E-state index in [0.29, 0.717) is 28.8 Å². The number of hydrogen-bond donors (Lipinski definition) is 2. The lowest BCUT2D eigenvalue weighted by molar-refractivity contribution is 0.243. The number of furan rings is 1. The highest BCUT2D eigenvalue weighted by Crippen LogP contribution is 2.24. The van der Waals surface area contributed by atoms with Gasteiger partial charge in [-0.1, -0.05) is 13.8 Å². The van der Waals surface area contributed by atoms with Crippen molar-refractivity contribution < 1.29 is 9.21 Å². The van der Waals surface area contributed by atoms with Crippen molar-refractivity contribution in [1.29, 1.82) is 0 Å². The summed E-state index contributed by atoms with van der Waals surface area (Å²) in [6.07, 6.45) is 4.47. The number of aryl methyl sites for hydroxylation is 1. The number of hydrogen-bond acceptors (Lipinski definition) is 6. The molecule has 158 valence electrons. The van der Waals surface area contributed by atoms with E-state index < -0.39 is 5.54 Å². The van der Waals surface area contributed by atoms with E-state index in [9.17, 15) is 4.79 Å². The summed E-state index contributed by atoms with van der Waals surface area (Å²) in [5.41, 5.74) is 0.650. The maximum absolute atomic E-state index is 12.5. The minimum absolute atomic E-state index is 0.235. The van der Waals surface area contributed by atoms with Crippen molar-refractivity contribution in [3.05, 3.63) is 24.6 Å². The minimum atomic E-state index is -0.395. The summed E-state index contributed by atoms with van der Waals surface area (Å²) in [4.78, 5) is 21.6. The zero-order valence-electron chi connectivity index (χ0n) is 17.8. The molecule has 4 aromatic rings. The molecular weight excluding hydrogens is 384 g/mol. The Morgan fingerprint density at radius 1 is 1.23 bits per heavy atom. The van der Waals surface area contributed by atoms with Gasteiger partial charge in [-0.05, 0) is 45.2 Å². The molecule has 0 saturated carbocycles. The number of nitrogens with one attached hydrogen (secondary N) is 2. The highest BCUT2D eigenvalue weighted by molar-refractivity contribution is 5.93. The molecule has 4 aromatic heterocycles. The molecule has 30 heavy (non-hydrogen) atoms. The van der Waals surface area contributed by atoms with Crippen LogP contribution >= 0.6 is 0 Å². The van der Waals surface area contributed by atoms with E-state index in [0.717, 1.165) is 18.4 Å². The standard InChI is InChI=1S/C20H26N8O2/c1-12(2)8-9-27-11-13-15(25-27)22-18(23-19(29)24-20(3,4)5)28-17(13)21-16(26-28)14-7-6-10-30-14/h6-7,10-12H,8-9H2,1-5H3,(H2,22,23,24,25,29). The first-order valence-electron chi connectivity index (χ1n) is 9.96. The largest absolute Gasteiger partial charge is 0.461 e. The molecule has 2 N–H and O–H groups in total. The van der Waals surface area contributed by atoms with Crippen LogP contribution in [-0.2, 0) is 6.54 Å². The number of carbonyl (C=O) groups is 1. The Morgan fingerprint density at radius 3 is 2.70 bits per heavy atom. The first kappa shape index (κ1) is 19.9. The normalized spacial score (nSPS) is 12.2. The van der Waals surface area contributed by atoms with Crippen LogP contribution in [0.4, 0.5) is 10.7 Å². The van der Waals surface area contributed by atoms with E-state index in [4.69, 9.17) is 4.42 Å². The molecule has 2 amide bonds. The number of amides is 2. The second-order valence-electron chi connectivity index (χ2n) is 8.72. The molecule has 0 aromatic carbocycles. The Kier molecular flexibility index (Phi) is 4.92. The summed E-state index contributed by atoms with van der Waals surface area (Å²) in [5, 5.41) is 15.5. The molecule has 0 radical (unpaired) electrons. The van der Waals surface area contributed by atoms with Crippen molar-refractivity contribution in [2.24, 2.45) is 5.92 Å². The van der Waals surface area contributed by atoms with Crippen molar-refractivity contribution in [1.82, 2.24) is 34.7 Å². The van der Waals surface area contributed by atoms with E-state index in [1.807, 2.05) is 31.6 Å². The highest BCUT2D eigenvalue weighted by atomic mass is 16.3. The number of urea groups is 1. The Hall–Kier alpha value is -3.43. The number of fused-ring (bicyclic) bond motifs is 3. The fourth-order valence-electron chi connectivity index (χ4n) is 3.00. The van der Waals surface area contributed by atoms with Crippen molar-refractivity contribution in [3.63, 3.8) is 0 Å². The quantitative estimate of drug-likeness (QED) is 0.518. The predicted octanol–water partition coefficient (Wildman–Crippen LogP) is 3.70. The summed E-state index contributed by atoms with van der Waals surface area (Å²) < 4.78 is 8.81. The van der Waals surface area contributed by atoms with Crippen LogP contribution in [0.15, 0.2) is 29.0 Å². The van der Waals surface area contributed by atoms with Gasteiger partial charge in [0.2, 0.25) is 11.8 Å². The summed E-state index contributed by atoms with van der Waals surface area (Å²) in [5.74, 6) is 1.73. The molecule has 0 aliphatic heterocycles. The molecule has 0 saturated heterocycles. The second kappa shape index (κ2) is 7.43. The van der Waals surface area contributed by atoms with Gasteiger partial charge in [-0.3, -0.25) is 10.00 Å². The maximum atomic E-state index is 12.5. The second-order valence-corrected chi connectivity index (χ2v) is 8.72. The number of carbonyl (C=O) groups excluding carboxylic acids is 1. The zero-order chi connectivity index (χ0) is 21.5. The average molecular weight is 410 g/mol. The van der Waals surface area contributed by atoms with Gasteiger partial charge in [0.05, 0.1) is 11.6 Å².